The number of benzene rings is 1. The number of piperidine rings is 1. The second-order valence-electron chi connectivity index (χ2n) is 7.26. The van der Waals surface area contributed by atoms with Crippen molar-refractivity contribution < 1.29 is 9.59 Å². The van der Waals surface area contributed by atoms with Crippen molar-refractivity contribution in [2.45, 2.75) is 52.4 Å². The third-order valence-electron chi connectivity index (χ3n) is 5.53. The van der Waals surface area contributed by atoms with Crippen LogP contribution in [-0.2, 0) is 4.79 Å². The largest absolute Gasteiger partial charge is 0.342 e. The summed E-state index contributed by atoms with van der Waals surface area (Å²) in [6, 6.07) is 6.05. The fourth-order valence-electron chi connectivity index (χ4n) is 4.10. The molecule has 2 fully saturated rings. The second-order valence-corrected chi connectivity index (χ2v) is 7.26. The van der Waals surface area contributed by atoms with Gasteiger partial charge in [-0.25, -0.2) is 0 Å². The summed E-state index contributed by atoms with van der Waals surface area (Å²) >= 11 is 0. The van der Waals surface area contributed by atoms with Crippen LogP contribution in [0.1, 0.15) is 60.0 Å². The van der Waals surface area contributed by atoms with Crippen LogP contribution in [0, 0.1) is 25.7 Å². The lowest BCUT2D eigenvalue weighted by atomic mass is 9.86. The third-order valence-corrected chi connectivity index (χ3v) is 5.53. The van der Waals surface area contributed by atoms with E-state index < -0.39 is 0 Å². The molecule has 0 bridgehead atoms. The summed E-state index contributed by atoms with van der Waals surface area (Å²) in [5.41, 5.74) is 3.12. The van der Waals surface area contributed by atoms with E-state index in [1.807, 2.05) is 30.9 Å². The summed E-state index contributed by atoms with van der Waals surface area (Å²) in [6.07, 6.45) is 6.12. The molecule has 2 aliphatic rings. The van der Waals surface area contributed by atoms with Gasteiger partial charge in [0.15, 0.2) is 5.78 Å². The number of rotatable bonds is 3. The van der Waals surface area contributed by atoms with Crippen LogP contribution in [0.3, 0.4) is 0 Å². The maximum Gasteiger partial charge on any atom is 0.225 e. The highest BCUT2D eigenvalue weighted by Crippen LogP contribution is 2.29. The third kappa shape index (κ3) is 3.49. The Morgan fingerprint density at radius 2 is 1.61 bits per heavy atom. The minimum Gasteiger partial charge on any atom is -0.342 e. The summed E-state index contributed by atoms with van der Waals surface area (Å²) in [5, 5.41) is 0. The van der Waals surface area contributed by atoms with E-state index in [2.05, 4.69) is 6.07 Å². The zero-order valence-corrected chi connectivity index (χ0v) is 14.3. The van der Waals surface area contributed by atoms with Crippen LogP contribution in [0.15, 0.2) is 18.2 Å². The van der Waals surface area contributed by atoms with E-state index >= 15 is 0 Å². The highest BCUT2D eigenvalue weighted by atomic mass is 16.2. The molecule has 1 amide bonds. The van der Waals surface area contributed by atoms with Crippen molar-refractivity contribution in [3.05, 3.63) is 34.9 Å². The van der Waals surface area contributed by atoms with Gasteiger partial charge in [0.25, 0.3) is 0 Å². The lowest BCUT2D eigenvalue weighted by Gasteiger charge is -2.33. The summed E-state index contributed by atoms with van der Waals surface area (Å²) in [6.45, 7) is 5.56. The molecular formula is C20H27NO2. The molecule has 1 aliphatic carbocycles. The fourth-order valence-corrected chi connectivity index (χ4v) is 4.10. The van der Waals surface area contributed by atoms with Gasteiger partial charge in [0, 0.05) is 30.5 Å². The average Bonchev–Trinajstić information content (AvgIpc) is 3.08. The first-order valence-electron chi connectivity index (χ1n) is 8.96. The van der Waals surface area contributed by atoms with E-state index in [1.54, 1.807) is 0 Å². The van der Waals surface area contributed by atoms with Crippen molar-refractivity contribution in [3.8, 4) is 0 Å². The Hall–Kier alpha value is -1.64. The first kappa shape index (κ1) is 16.2. The fraction of sp³-hybridized carbons (Fsp3) is 0.600. The maximum atomic E-state index is 12.8. The second kappa shape index (κ2) is 6.86. The van der Waals surface area contributed by atoms with Gasteiger partial charge in [0.05, 0.1) is 0 Å². The first-order valence-corrected chi connectivity index (χ1v) is 8.96. The number of carbonyl (C=O) groups is 2. The van der Waals surface area contributed by atoms with Crippen LogP contribution < -0.4 is 0 Å². The Kier molecular flexibility index (Phi) is 4.84. The molecule has 3 heteroatoms. The monoisotopic (exact) mass is 313 g/mol. The summed E-state index contributed by atoms with van der Waals surface area (Å²) in [5.74, 6) is 0.918. The zero-order chi connectivity index (χ0) is 16.4. The number of hydrogen-bond acceptors (Lipinski definition) is 2. The summed E-state index contributed by atoms with van der Waals surface area (Å²) in [4.78, 5) is 27.2. The van der Waals surface area contributed by atoms with Gasteiger partial charge in [0.2, 0.25) is 5.91 Å². The van der Waals surface area contributed by atoms with E-state index in [0.29, 0.717) is 5.91 Å². The van der Waals surface area contributed by atoms with Crippen LogP contribution in [0.4, 0.5) is 0 Å². The standard InChI is InChI=1S/C20H27NO2/c1-14-7-8-18(15(2)13-14)19(22)16-9-11-21(12-10-16)20(23)17-5-3-4-6-17/h7-8,13,16-17H,3-6,9-12H2,1-2H3. The highest BCUT2D eigenvalue weighted by Gasteiger charge is 2.32. The van der Waals surface area contributed by atoms with Crippen molar-refractivity contribution in [1.29, 1.82) is 0 Å². The first-order chi connectivity index (χ1) is 11.1. The van der Waals surface area contributed by atoms with Crippen molar-refractivity contribution in [1.82, 2.24) is 4.90 Å². The number of aryl methyl sites for hydroxylation is 2. The Balaban J connectivity index is 1.60. The minimum atomic E-state index is 0.0732. The predicted molar refractivity (Wildman–Crippen MR) is 91.5 cm³/mol. The van der Waals surface area contributed by atoms with Gasteiger partial charge in [0.1, 0.15) is 0 Å². The van der Waals surface area contributed by atoms with Crippen molar-refractivity contribution in [2.24, 2.45) is 11.8 Å². The molecule has 0 N–H and O–H groups in total. The molecule has 1 saturated heterocycles. The van der Waals surface area contributed by atoms with Gasteiger partial charge in [-0.15, -0.1) is 0 Å². The van der Waals surface area contributed by atoms with Gasteiger partial charge in [-0.1, -0.05) is 36.6 Å². The van der Waals surface area contributed by atoms with Crippen molar-refractivity contribution in [3.63, 3.8) is 0 Å². The molecule has 1 saturated carbocycles. The van der Waals surface area contributed by atoms with Crippen molar-refractivity contribution >= 4 is 11.7 Å². The Labute approximate surface area is 139 Å². The molecule has 124 valence electrons. The lowest BCUT2D eigenvalue weighted by Crippen LogP contribution is -2.42. The SMILES string of the molecule is Cc1ccc(C(=O)C2CCN(C(=O)C3CCCC3)CC2)c(C)c1. The minimum absolute atomic E-state index is 0.0732. The Bertz CT molecular complexity index is 594. The molecular weight excluding hydrogens is 286 g/mol. The van der Waals surface area contributed by atoms with Crippen LogP contribution >= 0.6 is 0 Å². The van der Waals surface area contributed by atoms with Gasteiger partial charge >= 0.3 is 0 Å². The molecule has 23 heavy (non-hydrogen) atoms. The predicted octanol–water partition coefficient (Wildman–Crippen LogP) is 3.91. The molecule has 1 heterocycles. The number of hydrogen-bond donors (Lipinski definition) is 0. The van der Waals surface area contributed by atoms with Gasteiger partial charge in [-0.2, -0.15) is 0 Å². The number of nitrogens with zero attached hydrogens (tertiary/aromatic N) is 1. The molecule has 1 aromatic rings. The number of carbonyl (C=O) groups excluding carboxylic acids is 2. The van der Waals surface area contributed by atoms with Gasteiger partial charge in [-0.3, -0.25) is 9.59 Å². The van der Waals surface area contributed by atoms with Gasteiger partial charge in [-0.05, 0) is 45.1 Å². The van der Waals surface area contributed by atoms with Crippen LogP contribution in [-0.4, -0.2) is 29.7 Å². The van der Waals surface area contributed by atoms with E-state index in [1.165, 1.54) is 18.4 Å². The molecule has 0 aromatic heterocycles. The number of Topliss-reactive ketones (excluding diaryl/α,β-unsaturated/α-hetero) is 1. The van der Waals surface area contributed by atoms with Crippen LogP contribution in [0.25, 0.3) is 0 Å². The molecule has 0 spiro atoms. The quantitative estimate of drug-likeness (QED) is 0.793. The Morgan fingerprint density at radius 1 is 0.957 bits per heavy atom. The molecule has 0 atom stereocenters. The van der Waals surface area contributed by atoms with Crippen LogP contribution in [0.2, 0.25) is 0 Å². The maximum absolute atomic E-state index is 12.8. The normalized spacial score (nSPS) is 20.0. The smallest absolute Gasteiger partial charge is 0.225 e. The summed E-state index contributed by atoms with van der Waals surface area (Å²) < 4.78 is 0. The highest BCUT2D eigenvalue weighted by molar-refractivity contribution is 5.99. The Morgan fingerprint density at radius 3 is 2.22 bits per heavy atom. The van der Waals surface area contributed by atoms with E-state index in [0.717, 1.165) is 49.9 Å². The molecule has 0 radical (unpaired) electrons. The van der Waals surface area contributed by atoms with E-state index in [9.17, 15) is 9.59 Å². The molecule has 0 unspecified atom stereocenters. The molecule has 1 aliphatic heterocycles. The number of amides is 1. The van der Waals surface area contributed by atoms with Crippen molar-refractivity contribution in [2.75, 3.05) is 13.1 Å². The summed E-state index contributed by atoms with van der Waals surface area (Å²) in [7, 11) is 0. The average molecular weight is 313 g/mol. The van der Waals surface area contributed by atoms with Gasteiger partial charge < -0.3 is 4.90 Å². The molecule has 3 rings (SSSR count). The molecule has 1 aromatic carbocycles. The molecule has 3 nitrogen and oxygen atoms in total. The lowest BCUT2D eigenvalue weighted by molar-refractivity contribution is -0.136. The van der Waals surface area contributed by atoms with E-state index in [-0.39, 0.29) is 17.6 Å². The topological polar surface area (TPSA) is 37.4 Å². The number of ketones is 1. The van der Waals surface area contributed by atoms with Crippen LogP contribution in [0.5, 0.6) is 0 Å². The van der Waals surface area contributed by atoms with E-state index in [4.69, 9.17) is 0 Å². The zero-order valence-electron chi connectivity index (χ0n) is 14.3. The number of likely N-dealkylation sites (tertiary alicyclic amines) is 1.